The Bertz CT molecular complexity index is 786. The zero-order chi connectivity index (χ0) is 15.6. The van der Waals surface area contributed by atoms with Crippen LogP contribution in [0.2, 0.25) is 0 Å². The number of nitrogen functional groups attached to an aromatic ring is 1. The largest absolute Gasteiger partial charge is 0.465 e. The summed E-state index contributed by atoms with van der Waals surface area (Å²) in [5.41, 5.74) is 5.51. The third kappa shape index (κ3) is 3.14. The van der Waals surface area contributed by atoms with Crippen molar-refractivity contribution >= 4 is 38.7 Å². The summed E-state index contributed by atoms with van der Waals surface area (Å²) in [7, 11) is -3.00. The maximum Gasteiger partial charge on any atom is 0.350 e. The predicted octanol–water partition coefficient (Wildman–Crippen LogP) is 2.06. The standard InChI is InChI=1S/C12H11FN2O4S2/c1-19-12(16)11-9(4-5-20-11)15-21(17,18)10-3-2-7(14)6-8(10)13/h2-6,15H,14H2,1H3. The van der Waals surface area contributed by atoms with Crippen molar-refractivity contribution in [3.63, 3.8) is 0 Å². The summed E-state index contributed by atoms with van der Waals surface area (Å²) in [5.74, 6) is -1.65. The number of esters is 1. The molecule has 0 fully saturated rings. The molecule has 9 heteroatoms. The van der Waals surface area contributed by atoms with Gasteiger partial charge in [0.05, 0.1) is 12.8 Å². The zero-order valence-corrected chi connectivity index (χ0v) is 12.4. The molecular weight excluding hydrogens is 319 g/mol. The molecular formula is C12H11FN2O4S2. The fourth-order valence-corrected chi connectivity index (χ4v) is 3.54. The lowest BCUT2D eigenvalue weighted by atomic mass is 10.3. The van der Waals surface area contributed by atoms with Crippen LogP contribution in [0.3, 0.4) is 0 Å². The molecule has 0 unspecified atom stereocenters. The summed E-state index contributed by atoms with van der Waals surface area (Å²) in [5, 5.41) is 1.52. The number of carbonyl (C=O) groups is 1. The van der Waals surface area contributed by atoms with Crippen molar-refractivity contribution < 1.29 is 22.3 Å². The SMILES string of the molecule is COC(=O)c1sccc1NS(=O)(=O)c1ccc(N)cc1F. The fourth-order valence-electron chi connectivity index (χ4n) is 1.58. The first-order valence-electron chi connectivity index (χ1n) is 5.59. The zero-order valence-electron chi connectivity index (χ0n) is 10.8. The Morgan fingerprint density at radius 2 is 2.10 bits per heavy atom. The first-order valence-corrected chi connectivity index (χ1v) is 7.95. The van der Waals surface area contributed by atoms with Gasteiger partial charge < -0.3 is 10.5 Å². The Morgan fingerprint density at radius 1 is 1.38 bits per heavy atom. The van der Waals surface area contributed by atoms with Crippen molar-refractivity contribution in [3.8, 4) is 0 Å². The van der Waals surface area contributed by atoms with Crippen LogP contribution in [0, 0.1) is 5.82 Å². The average molecular weight is 330 g/mol. The number of carbonyl (C=O) groups excluding carboxylic acids is 1. The molecule has 0 aliphatic heterocycles. The van der Waals surface area contributed by atoms with E-state index in [0.29, 0.717) is 0 Å². The van der Waals surface area contributed by atoms with E-state index >= 15 is 0 Å². The number of sulfonamides is 1. The summed E-state index contributed by atoms with van der Waals surface area (Å²) < 4.78 is 44.7. The Balaban J connectivity index is 2.38. The number of nitrogens with one attached hydrogen (secondary N) is 1. The molecule has 112 valence electrons. The molecule has 6 nitrogen and oxygen atoms in total. The molecule has 0 aliphatic rings. The highest BCUT2D eigenvalue weighted by Gasteiger charge is 2.23. The van der Waals surface area contributed by atoms with E-state index in [1.165, 1.54) is 24.6 Å². The highest BCUT2D eigenvalue weighted by atomic mass is 32.2. The summed E-state index contributed by atoms with van der Waals surface area (Å²) in [4.78, 5) is 11.0. The van der Waals surface area contributed by atoms with Crippen molar-refractivity contribution in [1.29, 1.82) is 0 Å². The molecule has 1 aromatic heterocycles. The molecule has 0 aliphatic carbocycles. The third-order valence-corrected chi connectivity index (χ3v) is 4.82. The lowest BCUT2D eigenvalue weighted by Crippen LogP contribution is -2.16. The normalized spacial score (nSPS) is 11.1. The van der Waals surface area contributed by atoms with Crippen molar-refractivity contribution in [2.45, 2.75) is 4.90 Å². The number of thiophene rings is 1. The number of nitrogens with two attached hydrogens (primary N) is 1. The average Bonchev–Trinajstić information content (AvgIpc) is 2.84. The summed E-state index contributed by atoms with van der Waals surface area (Å²) in [6.45, 7) is 0. The van der Waals surface area contributed by atoms with Crippen LogP contribution in [0.1, 0.15) is 9.67 Å². The van der Waals surface area contributed by atoms with Crippen LogP contribution in [0.5, 0.6) is 0 Å². The molecule has 1 aromatic carbocycles. The van der Waals surface area contributed by atoms with Crippen LogP contribution in [0.25, 0.3) is 0 Å². The topological polar surface area (TPSA) is 98.5 Å². The van der Waals surface area contributed by atoms with Crippen LogP contribution in [-0.4, -0.2) is 21.5 Å². The van der Waals surface area contributed by atoms with Gasteiger partial charge in [-0.25, -0.2) is 17.6 Å². The second kappa shape index (κ2) is 5.70. The van der Waals surface area contributed by atoms with E-state index in [2.05, 4.69) is 9.46 Å². The highest BCUT2D eigenvalue weighted by Crippen LogP contribution is 2.27. The number of anilines is 2. The highest BCUT2D eigenvalue weighted by molar-refractivity contribution is 7.92. The second-order valence-corrected chi connectivity index (χ2v) is 6.52. The summed E-state index contributed by atoms with van der Waals surface area (Å²) in [6.07, 6.45) is 0. The minimum absolute atomic E-state index is 0.0306. The Hall–Kier alpha value is -2.13. The molecule has 0 saturated heterocycles. The van der Waals surface area contributed by atoms with Crippen LogP contribution in [0.4, 0.5) is 15.8 Å². The van der Waals surface area contributed by atoms with E-state index < -0.39 is 26.7 Å². The number of hydrogen-bond donors (Lipinski definition) is 2. The molecule has 0 bridgehead atoms. The lowest BCUT2D eigenvalue weighted by molar-refractivity contribution is 0.0607. The van der Waals surface area contributed by atoms with E-state index in [1.54, 1.807) is 0 Å². The van der Waals surface area contributed by atoms with Crippen LogP contribution in [0.15, 0.2) is 34.5 Å². The Morgan fingerprint density at radius 3 is 2.71 bits per heavy atom. The van der Waals surface area contributed by atoms with Crippen molar-refractivity contribution in [2.75, 3.05) is 17.6 Å². The van der Waals surface area contributed by atoms with Crippen molar-refractivity contribution in [2.24, 2.45) is 0 Å². The van der Waals surface area contributed by atoms with E-state index in [9.17, 15) is 17.6 Å². The van der Waals surface area contributed by atoms with Crippen LogP contribution < -0.4 is 10.5 Å². The van der Waals surface area contributed by atoms with Gasteiger partial charge in [0.25, 0.3) is 10.0 Å². The first-order chi connectivity index (χ1) is 9.85. The van der Waals surface area contributed by atoms with E-state index in [1.807, 2.05) is 0 Å². The maximum absolute atomic E-state index is 13.7. The number of halogens is 1. The van der Waals surface area contributed by atoms with Crippen LogP contribution >= 0.6 is 11.3 Å². The van der Waals surface area contributed by atoms with Gasteiger partial charge in [-0.05, 0) is 29.6 Å². The minimum atomic E-state index is -4.18. The number of rotatable bonds is 4. The quantitative estimate of drug-likeness (QED) is 0.660. The van der Waals surface area contributed by atoms with Gasteiger partial charge >= 0.3 is 5.97 Å². The van der Waals surface area contributed by atoms with Gasteiger partial charge in [0.15, 0.2) is 0 Å². The molecule has 0 atom stereocenters. The molecule has 0 amide bonds. The number of methoxy groups -OCH3 is 1. The van der Waals surface area contributed by atoms with E-state index in [0.717, 1.165) is 23.5 Å². The van der Waals surface area contributed by atoms with Gasteiger partial charge in [-0.15, -0.1) is 11.3 Å². The Kier molecular flexibility index (Phi) is 4.14. The number of hydrogen-bond acceptors (Lipinski definition) is 6. The minimum Gasteiger partial charge on any atom is -0.465 e. The number of ether oxygens (including phenoxy) is 1. The van der Waals surface area contributed by atoms with Gasteiger partial charge in [-0.1, -0.05) is 0 Å². The van der Waals surface area contributed by atoms with Gasteiger partial charge in [0.2, 0.25) is 0 Å². The van der Waals surface area contributed by atoms with Gasteiger partial charge in [0, 0.05) is 5.69 Å². The fraction of sp³-hybridized carbons (Fsp3) is 0.0833. The molecule has 1 heterocycles. The van der Waals surface area contributed by atoms with Crippen molar-refractivity contribution in [3.05, 3.63) is 40.3 Å². The second-order valence-electron chi connectivity index (χ2n) is 3.95. The lowest BCUT2D eigenvalue weighted by Gasteiger charge is -2.09. The molecule has 21 heavy (non-hydrogen) atoms. The van der Waals surface area contributed by atoms with Gasteiger partial charge in [0.1, 0.15) is 15.6 Å². The van der Waals surface area contributed by atoms with Crippen LogP contribution in [-0.2, 0) is 14.8 Å². The molecule has 0 radical (unpaired) electrons. The Labute approximate surface area is 124 Å². The maximum atomic E-state index is 13.7. The molecule has 0 spiro atoms. The summed E-state index contributed by atoms with van der Waals surface area (Å²) in [6, 6.07) is 4.62. The molecule has 2 rings (SSSR count). The molecule has 2 aromatic rings. The van der Waals surface area contributed by atoms with Crippen molar-refractivity contribution in [1.82, 2.24) is 0 Å². The number of benzene rings is 1. The van der Waals surface area contributed by atoms with Gasteiger partial charge in [-0.3, -0.25) is 4.72 Å². The molecule has 3 N–H and O–H groups in total. The smallest absolute Gasteiger partial charge is 0.350 e. The van der Waals surface area contributed by atoms with Gasteiger partial charge in [-0.2, -0.15) is 0 Å². The first kappa shape index (κ1) is 15.3. The predicted molar refractivity (Wildman–Crippen MR) is 77.3 cm³/mol. The van der Waals surface area contributed by atoms with E-state index in [-0.39, 0.29) is 16.3 Å². The molecule has 0 saturated carbocycles. The third-order valence-electron chi connectivity index (χ3n) is 2.53. The monoisotopic (exact) mass is 330 g/mol. The summed E-state index contributed by atoms with van der Waals surface area (Å²) >= 11 is 1.01. The van der Waals surface area contributed by atoms with E-state index in [4.69, 9.17) is 5.73 Å².